The molecule has 4 rings (SSSR count). The first-order valence-electron chi connectivity index (χ1n) is 12.5. The van der Waals surface area contributed by atoms with Gasteiger partial charge < -0.3 is 16.0 Å². The van der Waals surface area contributed by atoms with Crippen molar-refractivity contribution in [1.82, 2.24) is 5.32 Å². The normalized spacial score (nSPS) is 11.8. The highest BCUT2D eigenvalue weighted by molar-refractivity contribution is 8.00. The van der Waals surface area contributed by atoms with Gasteiger partial charge in [-0.25, -0.2) is 0 Å². The molecule has 0 aliphatic heterocycles. The van der Waals surface area contributed by atoms with Gasteiger partial charge in [0, 0.05) is 21.8 Å². The minimum Gasteiger partial charge on any atom is -0.325 e. The Morgan fingerprint density at radius 3 is 1.95 bits per heavy atom. The third-order valence-corrected chi connectivity index (χ3v) is 6.86. The third-order valence-electron chi connectivity index (χ3n) is 5.75. The lowest BCUT2D eigenvalue weighted by Gasteiger charge is -2.13. The Morgan fingerprint density at radius 2 is 1.31 bits per heavy atom. The Bertz CT molecular complexity index is 1450. The lowest BCUT2D eigenvalue weighted by atomic mass is 10.1. The minimum atomic E-state index is -0.448. The fraction of sp³-hybridized carbons (Fsp3) is 0.0938. The summed E-state index contributed by atoms with van der Waals surface area (Å²) in [6, 6.07) is 32.9. The average Bonchev–Trinajstić information content (AvgIpc) is 2.95. The molecule has 1 unspecified atom stereocenters. The molecule has 0 heterocycles. The number of nitrogens with one attached hydrogen (secondary N) is 3. The van der Waals surface area contributed by atoms with Crippen LogP contribution in [0.25, 0.3) is 6.08 Å². The molecule has 1 atom stereocenters. The van der Waals surface area contributed by atoms with Gasteiger partial charge >= 0.3 is 0 Å². The number of hydrogen-bond acceptors (Lipinski definition) is 4. The molecule has 3 amide bonds. The predicted molar refractivity (Wildman–Crippen MR) is 159 cm³/mol. The largest absolute Gasteiger partial charge is 0.325 e. The Kier molecular flexibility index (Phi) is 9.32. The van der Waals surface area contributed by atoms with Crippen LogP contribution in [-0.4, -0.2) is 23.0 Å². The molecule has 0 aliphatic rings. The Balaban J connectivity index is 1.43. The number of thioether (sulfide) groups is 1. The van der Waals surface area contributed by atoms with E-state index in [1.807, 2.05) is 86.6 Å². The molecule has 39 heavy (non-hydrogen) atoms. The topological polar surface area (TPSA) is 87.3 Å². The second kappa shape index (κ2) is 13.3. The van der Waals surface area contributed by atoms with Crippen LogP contribution >= 0.6 is 11.8 Å². The van der Waals surface area contributed by atoms with Crippen LogP contribution in [0.1, 0.15) is 28.4 Å². The van der Waals surface area contributed by atoms with Crippen LogP contribution in [-0.2, 0) is 9.59 Å². The second-order valence-electron chi connectivity index (χ2n) is 8.88. The minimum absolute atomic E-state index is 0.0939. The Morgan fingerprint density at radius 1 is 0.718 bits per heavy atom. The maximum atomic E-state index is 13.2. The van der Waals surface area contributed by atoms with Gasteiger partial charge in [0.2, 0.25) is 5.91 Å². The quantitative estimate of drug-likeness (QED) is 0.168. The molecule has 7 heteroatoms. The van der Waals surface area contributed by atoms with Crippen LogP contribution in [0.4, 0.5) is 11.4 Å². The summed E-state index contributed by atoms with van der Waals surface area (Å²) in [6.07, 6.45) is 1.65. The van der Waals surface area contributed by atoms with Crippen molar-refractivity contribution >= 4 is 46.9 Å². The summed E-state index contributed by atoms with van der Waals surface area (Å²) in [6.45, 7) is 3.83. The van der Waals surface area contributed by atoms with Crippen molar-refractivity contribution in [3.05, 3.63) is 132 Å². The SMILES string of the molecule is Cc1ccc(/C=C(\NC(=O)c2ccccc2)C(=O)Nc2ccc(SC(C)C(=O)Nc3ccccc3)cc2)cc1. The van der Waals surface area contributed by atoms with Crippen molar-refractivity contribution in [1.29, 1.82) is 0 Å². The molecule has 0 fully saturated rings. The monoisotopic (exact) mass is 535 g/mol. The van der Waals surface area contributed by atoms with Crippen molar-refractivity contribution in [2.24, 2.45) is 0 Å². The molecule has 0 bridgehead atoms. The number of hydrogen-bond donors (Lipinski definition) is 3. The maximum Gasteiger partial charge on any atom is 0.272 e. The molecule has 0 radical (unpaired) electrons. The number of carbonyl (C=O) groups excluding carboxylic acids is 3. The highest BCUT2D eigenvalue weighted by Crippen LogP contribution is 2.26. The van der Waals surface area contributed by atoms with E-state index in [9.17, 15) is 14.4 Å². The van der Waals surface area contributed by atoms with Gasteiger partial charge in [-0.2, -0.15) is 0 Å². The third kappa shape index (κ3) is 8.18. The molecule has 0 saturated carbocycles. The van der Waals surface area contributed by atoms with Crippen LogP contribution in [0.2, 0.25) is 0 Å². The van der Waals surface area contributed by atoms with E-state index in [0.717, 1.165) is 21.7 Å². The van der Waals surface area contributed by atoms with E-state index in [2.05, 4.69) is 16.0 Å². The number of aryl methyl sites for hydroxylation is 1. The van der Waals surface area contributed by atoms with Gasteiger partial charge in [0.1, 0.15) is 5.70 Å². The predicted octanol–water partition coefficient (Wildman–Crippen LogP) is 6.52. The molecule has 3 N–H and O–H groups in total. The van der Waals surface area contributed by atoms with Crippen LogP contribution < -0.4 is 16.0 Å². The standard InChI is InChI=1S/C32H29N3O3S/c1-22-13-15-24(16-14-22)21-29(35-31(37)25-9-5-3-6-10-25)32(38)34-27-17-19-28(20-18-27)39-23(2)30(36)33-26-11-7-4-8-12-26/h3-21,23H,1-2H3,(H,33,36)(H,34,38)(H,35,37)/b29-21-. The van der Waals surface area contributed by atoms with E-state index < -0.39 is 5.91 Å². The number of rotatable bonds is 9. The van der Waals surface area contributed by atoms with Crippen LogP contribution in [0.15, 0.2) is 120 Å². The summed E-state index contributed by atoms with van der Waals surface area (Å²) >= 11 is 1.42. The van der Waals surface area contributed by atoms with Gasteiger partial charge in [-0.05, 0) is 74.0 Å². The van der Waals surface area contributed by atoms with E-state index in [1.54, 1.807) is 42.5 Å². The van der Waals surface area contributed by atoms with Gasteiger partial charge in [-0.1, -0.05) is 66.2 Å². The van der Waals surface area contributed by atoms with Crippen LogP contribution in [0.3, 0.4) is 0 Å². The van der Waals surface area contributed by atoms with Gasteiger partial charge in [-0.3, -0.25) is 14.4 Å². The molecule has 0 saturated heterocycles. The summed E-state index contributed by atoms with van der Waals surface area (Å²) in [5.41, 5.74) is 3.77. The molecule has 196 valence electrons. The summed E-state index contributed by atoms with van der Waals surface area (Å²) < 4.78 is 0. The Labute approximate surface area is 232 Å². The maximum absolute atomic E-state index is 13.2. The molecular formula is C32H29N3O3S. The highest BCUT2D eigenvalue weighted by atomic mass is 32.2. The smallest absolute Gasteiger partial charge is 0.272 e. The summed E-state index contributed by atoms with van der Waals surface area (Å²) in [5.74, 6) is -0.918. The van der Waals surface area contributed by atoms with E-state index in [4.69, 9.17) is 0 Å². The summed E-state index contributed by atoms with van der Waals surface area (Å²) in [5, 5.41) is 8.19. The zero-order valence-electron chi connectivity index (χ0n) is 21.7. The first kappa shape index (κ1) is 27.4. The molecule has 0 aromatic heterocycles. The number of carbonyl (C=O) groups is 3. The number of amides is 3. The van der Waals surface area contributed by atoms with Gasteiger partial charge in [-0.15, -0.1) is 11.8 Å². The summed E-state index contributed by atoms with van der Waals surface area (Å²) in [4.78, 5) is 39.5. The average molecular weight is 536 g/mol. The van der Waals surface area contributed by atoms with Crippen molar-refractivity contribution in [3.8, 4) is 0 Å². The Hall–Kier alpha value is -4.62. The van der Waals surface area contributed by atoms with Crippen molar-refractivity contribution in [2.45, 2.75) is 24.0 Å². The first-order chi connectivity index (χ1) is 18.9. The fourth-order valence-electron chi connectivity index (χ4n) is 3.61. The van der Waals surface area contributed by atoms with Gasteiger partial charge in [0.15, 0.2) is 0 Å². The summed E-state index contributed by atoms with van der Waals surface area (Å²) in [7, 11) is 0. The van der Waals surface area contributed by atoms with E-state index >= 15 is 0 Å². The van der Waals surface area contributed by atoms with Crippen molar-refractivity contribution in [3.63, 3.8) is 0 Å². The zero-order valence-corrected chi connectivity index (χ0v) is 22.5. The lowest BCUT2D eigenvalue weighted by Crippen LogP contribution is -2.30. The molecular weight excluding hydrogens is 506 g/mol. The lowest BCUT2D eigenvalue weighted by molar-refractivity contribution is -0.115. The second-order valence-corrected chi connectivity index (χ2v) is 10.3. The van der Waals surface area contributed by atoms with E-state index in [-0.39, 0.29) is 22.8 Å². The van der Waals surface area contributed by atoms with E-state index in [1.165, 1.54) is 11.8 Å². The van der Waals surface area contributed by atoms with Crippen molar-refractivity contribution in [2.75, 3.05) is 10.6 Å². The molecule has 6 nitrogen and oxygen atoms in total. The number of anilines is 2. The van der Waals surface area contributed by atoms with Crippen LogP contribution in [0.5, 0.6) is 0 Å². The number of para-hydroxylation sites is 1. The molecule has 0 spiro atoms. The molecule has 4 aromatic rings. The van der Waals surface area contributed by atoms with E-state index in [0.29, 0.717) is 11.3 Å². The zero-order chi connectivity index (χ0) is 27.6. The number of benzene rings is 4. The van der Waals surface area contributed by atoms with Gasteiger partial charge in [0.25, 0.3) is 11.8 Å². The highest BCUT2D eigenvalue weighted by Gasteiger charge is 2.17. The molecule has 0 aliphatic carbocycles. The first-order valence-corrected chi connectivity index (χ1v) is 13.3. The van der Waals surface area contributed by atoms with Crippen LogP contribution in [0, 0.1) is 6.92 Å². The fourth-order valence-corrected chi connectivity index (χ4v) is 4.48. The molecule has 4 aromatic carbocycles. The van der Waals surface area contributed by atoms with Gasteiger partial charge in [0.05, 0.1) is 5.25 Å². The van der Waals surface area contributed by atoms with Crippen molar-refractivity contribution < 1.29 is 14.4 Å².